The van der Waals surface area contributed by atoms with E-state index in [0.717, 1.165) is 30.5 Å². The number of ether oxygens (including phenoxy) is 1. The number of aromatic nitrogens is 1. The van der Waals surface area contributed by atoms with Crippen LogP contribution in [0.25, 0.3) is 0 Å². The summed E-state index contributed by atoms with van der Waals surface area (Å²) in [6, 6.07) is 21.1. The molecule has 0 aliphatic heterocycles. The molecule has 0 bridgehead atoms. The fourth-order valence-electron chi connectivity index (χ4n) is 3.98. The number of nitrogens with one attached hydrogen (secondary N) is 1. The van der Waals surface area contributed by atoms with Gasteiger partial charge in [0.25, 0.3) is 0 Å². The third-order valence-corrected chi connectivity index (χ3v) is 6.66. The van der Waals surface area contributed by atoms with Crippen molar-refractivity contribution in [1.82, 2.24) is 4.98 Å². The Labute approximate surface area is 197 Å². The number of nitriles is 1. The molecule has 0 saturated heterocycles. The number of carbonyl (C=O) groups is 2. The average molecular weight is 458 g/mol. The molecule has 1 atom stereocenters. The fraction of sp³-hybridized carbons (Fsp3) is 0.231. The Morgan fingerprint density at radius 2 is 1.94 bits per heavy atom. The second-order valence-corrected chi connectivity index (χ2v) is 8.78. The van der Waals surface area contributed by atoms with E-state index < -0.39 is 5.97 Å². The Morgan fingerprint density at radius 3 is 2.64 bits per heavy atom. The summed E-state index contributed by atoms with van der Waals surface area (Å²) in [4.78, 5) is 28.7. The molecule has 1 heterocycles. The van der Waals surface area contributed by atoms with Crippen LogP contribution in [0.3, 0.4) is 0 Å². The minimum absolute atomic E-state index is 0.131. The molecular weight excluding hydrogens is 434 g/mol. The lowest BCUT2D eigenvalue weighted by Gasteiger charge is -2.25. The van der Waals surface area contributed by atoms with Crippen molar-refractivity contribution in [3.63, 3.8) is 0 Å². The van der Waals surface area contributed by atoms with E-state index >= 15 is 0 Å². The summed E-state index contributed by atoms with van der Waals surface area (Å²) in [6.07, 6.45) is 2.74. The topological polar surface area (TPSA) is 92.1 Å². The minimum atomic E-state index is -0.430. The van der Waals surface area contributed by atoms with E-state index in [1.807, 2.05) is 12.1 Å². The first-order valence-electron chi connectivity index (χ1n) is 10.7. The van der Waals surface area contributed by atoms with Crippen LogP contribution >= 0.6 is 11.8 Å². The van der Waals surface area contributed by atoms with E-state index in [-0.39, 0.29) is 11.7 Å². The van der Waals surface area contributed by atoms with Gasteiger partial charge in [0.05, 0.1) is 24.0 Å². The van der Waals surface area contributed by atoms with Gasteiger partial charge in [0.2, 0.25) is 5.91 Å². The van der Waals surface area contributed by atoms with Gasteiger partial charge in [0.1, 0.15) is 11.1 Å². The Balaban J connectivity index is 1.40. The van der Waals surface area contributed by atoms with E-state index in [0.29, 0.717) is 27.8 Å². The van der Waals surface area contributed by atoms with Gasteiger partial charge in [0.15, 0.2) is 0 Å². The molecule has 1 unspecified atom stereocenters. The number of pyridine rings is 1. The molecule has 6 nitrogen and oxygen atoms in total. The molecule has 1 N–H and O–H groups in total. The zero-order chi connectivity index (χ0) is 23.2. The second-order valence-electron chi connectivity index (χ2n) is 7.81. The van der Waals surface area contributed by atoms with Crippen LogP contribution in [0.2, 0.25) is 0 Å². The number of esters is 1. The lowest BCUT2D eigenvalue weighted by molar-refractivity contribution is -0.113. The molecule has 7 heteroatoms. The van der Waals surface area contributed by atoms with E-state index in [1.165, 1.54) is 24.4 Å². The zero-order valence-corrected chi connectivity index (χ0v) is 19.0. The van der Waals surface area contributed by atoms with Crippen LogP contribution in [-0.4, -0.2) is 29.7 Å². The van der Waals surface area contributed by atoms with E-state index in [1.54, 1.807) is 24.3 Å². The summed E-state index contributed by atoms with van der Waals surface area (Å²) in [6.45, 7) is 0. The molecule has 2 aromatic carbocycles. The van der Waals surface area contributed by atoms with E-state index in [4.69, 9.17) is 4.98 Å². The maximum absolute atomic E-state index is 12.4. The molecule has 166 valence electrons. The Kier molecular flexibility index (Phi) is 7.06. The number of carbonyl (C=O) groups excluding carboxylic acids is 2. The molecule has 1 amide bonds. The predicted molar refractivity (Wildman–Crippen MR) is 127 cm³/mol. The van der Waals surface area contributed by atoms with Gasteiger partial charge in [0, 0.05) is 11.4 Å². The smallest absolute Gasteiger partial charge is 0.337 e. The van der Waals surface area contributed by atoms with Crippen LogP contribution in [0, 0.1) is 11.3 Å². The third kappa shape index (κ3) is 5.41. The zero-order valence-electron chi connectivity index (χ0n) is 18.2. The summed E-state index contributed by atoms with van der Waals surface area (Å²) < 4.78 is 4.67. The highest BCUT2D eigenvalue weighted by Gasteiger charge is 2.23. The molecule has 4 rings (SSSR count). The summed E-state index contributed by atoms with van der Waals surface area (Å²) in [7, 11) is 1.32. The van der Waals surface area contributed by atoms with Crippen molar-refractivity contribution in [3.05, 3.63) is 88.6 Å². The highest BCUT2D eigenvalue weighted by Crippen LogP contribution is 2.34. The molecule has 33 heavy (non-hydrogen) atoms. The lowest BCUT2D eigenvalue weighted by Crippen LogP contribution is -2.16. The first kappa shape index (κ1) is 22.6. The van der Waals surface area contributed by atoms with Crippen molar-refractivity contribution < 1.29 is 14.3 Å². The van der Waals surface area contributed by atoms with Gasteiger partial charge < -0.3 is 10.1 Å². The summed E-state index contributed by atoms with van der Waals surface area (Å²) in [5.41, 5.74) is 4.95. The van der Waals surface area contributed by atoms with Crippen molar-refractivity contribution in [3.8, 4) is 6.07 Å². The fourth-order valence-corrected chi connectivity index (χ4v) is 4.76. The van der Waals surface area contributed by atoms with Gasteiger partial charge in [-0.1, -0.05) is 42.1 Å². The maximum Gasteiger partial charge on any atom is 0.337 e. The van der Waals surface area contributed by atoms with Gasteiger partial charge in [-0.3, -0.25) is 4.79 Å². The quantitative estimate of drug-likeness (QED) is 0.424. The van der Waals surface area contributed by atoms with Crippen molar-refractivity contribution in [1.29, 1.82) is 5.26 Å². The molecule has 0 fully saturated rings. The Bertz CT molecular complexity index is 1200. The van der Waals surface area contributed by atoms with Gasteiger partial charge in [-0.05, 0) is 66.6 Å². The number of anilines is 1. The summed E-state index contributed by atoms with van der Waals surface area (Å²) in [5, 5.41) is 13.0. The average Bonchev–Trinajstić information content (AvgIpc) is 2.87. The van der Waals surface area contributed by atoms with Crippen molar-refractivity contribution in [2.45, 2.75) is 30.2 Å². The first-order valence-corrected chi connectivity index (χ1v) is 11.6. The van der Waals surface area contributed by atoms with Gasteiger partial charge >= 0.3 is 5.97 Å². The molecule has 1 aromatic heterocycles. The molecule has 1 aliphatic carbocycles. The van der Waals surface area contributed by atoms with Crippen LogP contribution in [-0.2, 0) is 22.4 Å². The number of fused-ring (bicyclic) bond motifs is 1. The number of amides is 1. The van der Waals surface area contributed by atoms with E-state index in [9.17, 15) is 14.9 Å². The highest BCUT2D eigenvalue weighted by atomic mass is 32.2. The van der Waals surface area contributed by atoms with Crippen LogP contribution < -0.4 is 5.32 Å². The van der Waals surface area contributed by atoms with Crippen LogP contribution in [0.1, 0.15) is 45.1 Å². The van der Waals surface area contributed by atoms with Crippen molar-refractivity contribution in [2.24, 2.45) is 0 Å². The van der Waals surface area contributed by atoms with Gasteiger partial charge in [-0.25, -0.2) is 9.78 Å². The molecule has 0 radical (unpaired) electrons. The minimum Gasteiger partial charge on any atom is -0.465 e. The molecule has 0 spiro atoms. The first-order chi connectivity index (χ1) is 16.1. The lowest BCUT2D eigenvalue weighted by atomic mass is 9.82. The standard InChI is InChI=1S/C26H23N3O3S/c1-32-26(31)18-7-10-22(11-8-18)28-24(30)16-33-25-21(15-27)14-20-13-19(9-12-23(20)29-25)17-5-3-2-4-6-17/h2-8,10-11,14,19H,9,12-13,16H2,1H3,(H,28,30). The maximum atomic E-state index is 12.4. The normalized spacial score (nSPS) is 14.6. The number of benzene rings is 2. The highest BCUT2D eigenvalue weighted by molar-refractivity contribution is 8.00. The number of thioether (sulfide) groups is 1. The summed E-state index contributed by atoms with van der Waals surface area (Å²) in [5.74, 6) is -0.0763. The predicted octanol–water partition coefficient (Wildman–Crippen LogP) is 4.74. The number of nitrogens with zero attached hydrogens (tertiary/aromatic N) is 2. The number of aryl methyl sites for hydroxylation is 1. The van der Waals surface area contributed by atoms with E-state index in [2.05, 4.69) is 40.4 Å². The monoisotopic (exact) mass is 457 g/mol. The van der Waals surface area contributed by atoms with Crippen molar-refractivity contribution in [2.75, 3.05) is 18.2 Å². The number of methoxy groups -OCH3 is 1. The number of rotatable bonds is 6. The molecule has 0 saturated carbocycles. The SMILES string of the molecule is COC(=O)c1ccc(NC(=O)CSc2nc3c(cc2C#N)CC(c2ccccc2)CC3)cc1. The van der Waals surface area contributed by atoms with Crippen LogP contribution in [0.4, 0.5) is 5.69 Å². The molecule has 3 aromatic rings. The molecule has 1 aliphatic rings. The van der Waals surface area contributed by atoms with Gasteiger partial charge in [-0.2, -0.15) is 5.26 Å². The summed E-state index contributed by atoms with van der Waals surface area (Å²) >= 11 is 1.26. The third-order valence-electron chi connectivity index (χ3n) is 5.67. The number of hydrogen-bond acceptors (Lipinski definition) is 6. The molecular formula is C26H23N3O3S. The van der Waals surface area contributed by atoms with Crippen molar-refractivity contribution >= 4 is 29.3 Å². The van der Waals surface area contributed by atoms with Gasteiger partial charge in [-0.15, -0.1) is 0 Å². The van der Waals surface area contributed by atoms with Crippen LogP contribution in [0.5, 0.6) is 0 Å². The second kappa shape index (κ2) is 10.3. The largest absolute Gasteiger partial charge is 0.465 e. The number of hydrogen-bond donors (Lipinski definition) is 1. The Morgan fingerprint density at radius 1 is 1.18 bits per heavy atom. The van der Waals surface area contributed by atoms with Crippen LogP contribution in [0.15, 0.2) is 65.7 Å². The Hall–Kier alpha value is -3.63.